The Bertz CT molecular complexity index is 1310. The van der Waals surface area contributed by atoms with Gasteiger partial charge in [-0.25, -0.2) is 0 Å². The highest BCUT2D eigenvalue weighted by Crippen LogP contribution is 2.38. The van der Waals surface area contributed by atoms with Crippen molar-refractivity contribution >= 4 is 19.8 Å². The number of esters is 2. The van der Waals surface area contributed by atoms with Gasteiger partial charge in [-0.3, -0.25) is 14.2 Å². The number of nitrogens with zero attached hydrogens (tertiary/aromatic N) is 1. The molecule has 10 nitrogen and oxygen atoms in total. The number of likely N-dealkylation sites (N-methyl/N-ethyl adjacent to an activating group) is 1. The number of hydrogen-bond acceptors (Lipinski definition) is 9. The highest BCUT2D eigenvalue weighted by molar-refractivity contribution is 7.45. The topological polar surface area (TPSA) is 131 Å². The predicted octanol–water partition coefficient (Wildman–Crippen LogP) is 10.1. The van der Waals surface area contributed by atoms with Gasteiger partial charge in [0.25, 0.3) is 7.82 Å². The molecule has 2 unspecified atom stereocenters. The molecule has 11 heteroatoms. The first-order valence-corrected chi connectivity index (χ1v) is 22.5. The fraction of sp³-hybridized carbons (Fsp3) is 0.609. The molecule has 0 aliphatic carbocycles. The Morgan fingerprint density at radius 1 is 0.649 bits per heavy atom. The molecule has 0 aromatic carbocycles. The molecule has 0 heterocycles. The molecule has 0 saturated heterocycles. The van der Waals surface area contributed by atoms with Gasteiger partial charge >= 0.3 is 11.9 Å². The Labute approximate surface area is 346 Å². The number of ether oxygens (including phenoxy) is 2. The van der Waals surface area contributed by atoms with E-state index >= 15 is 0 Å². The van der Waals surface area contributed by atoms with Crippen LogP contribution in [0.3, 0.4) is 0 Å². The average molecular weight is 818 g/mol. The van der Waals surface area contributed by atoms with Crippen molar-refractivity contribution in [2.45, 2.75) is 135 Å². The average Bonchev–Trinajstić information content (AvgIpc) is 3.15. The van der Waals surface area contributed by atoms with Gasteiger partial charge in [-0.05, 0) is 77.0 Å². The first kappa shape index (κ1) is 53.9. The molecule has 1 N–H and O–H groups in total. The van der Waals surface area contributed by atoms with Crippen molar-refractivity contribution in [3.05, 3.63) is 97.2 Å². The molecule has 0 amide bonds. The minimum atomic E-state index is -4.69. The molecule has 0 radical (unpaired) electrons. The van der Waals surface area contributed by atoms with Crippen LogP contribution in [-0.2, 0) is 32.7 Å². The van der Waals surface area contributed by atoms with E-state index in [1.54, 1.807) is 12.2 Å². The highest BCUT2D eigenvalue weighted by Gasteiger charge is 2.22. The predicted molar refractivity (Wildman–Crippen MR) is 232 cm³/mol. The maximum Gasteiger partial charge on any atom is 0.306 e. The van der Waals surface area contributed by atoms with Crippen molar-refractivity contribution in [2.24, 2.45) is 0 Å². The van der Waals surface area contributed by atoms with Crippen LogP contribution in [0.4, 0.5) is 0 Å². The van der Waals surface area contributed by atoms with E-state index in [9.17, 15) is 24.2 Å². The molecule has 3 atom stereocenters. The van der Waals surface area contributed by atoms with E-state index in [0.29, 0.717) is 30.3 Å². The minimum absolute atomic E-state index is 0.0157. The molecule has 0 aliphatic rings. The summed E-state index contributed by atoms with van der Waals surface area (Å²) in [5.41, 5.74) is 0. The number of phosphoric ester groups is 1. The number of hydrogen-bond donors (Lipinski definition) is 1. The normalized spacial score (nSPS) is 15.1. The second-order valence-corrected chi connectivity index (χ2v) is 16.2. The van der Waals surface area contributed by atoms with E-state index in [-0.39, 0.29) is 26.1 Å². The van der Waals surface area contributed by atoms with Crippen LogP contribution in [-0.4, -0.2) is 81.2 Å². The molecule has 0 rings (SSSR count). The zero-order valence-corrected chi connectivity index (χ0v) is 36.7. The summed E-state index contributed by atoms with van der Waals surface area (Å²) in [6.45, 7) is 3.71. The number of phosphoric acid groups is 1. The van der Waals surface area contributed by atoms with Gasteiger partial charge in [0.05, 0.1) is 33.9 Å². The zero-order chi connectivity index (χ0) is 42.3. The first-order valence-electron chi connectivity index (χ1n) is 21.1. The summed E-state index contributed by atoms with van der Waals surface area (Å²) in [7, 11) is 1.01. The fourth-order valence-corrected chi connectivity index (χ4v) is 5.66. The summed E-state index contributed by atoms with van der Waals surface area (Å²) >= 11 is 0. The van der Waals surface area contributed by atoms with Gasteiger partial charge in [-0.1, -0.05) is 130 Å². The van der Waals surface area contributed by atoms with Crippen molar-refractivity contribution in [2.75, 3.05) is 47.5 Å². The summed E-state index contributed by atoms with van der Waals surface area (Å²) in [4.78, 5) is 37.5. The Kier molecular flexibility index (Phi) is 35.2. The van der Waals surface area contributed by atoms with Crippen LogP contribution in [0.5, 0.6) is 0 Å². The molecular weight excluding hydrogens is 741 g/mol. The summed E-state index contributed by atoms with van der Waals surface area (Å²) in [6, 6.07) is 0. The lowest BCUT2D eigenvalue weighted by Crippen LogP contribution is -2.37. The van der Waals surface area contributed by atoms with E-state index < -0.39 is 38.6 Å². The molecule has 0 bridgehead atoms. The first-order chi connectivity index (χ1) is 27.4. The SMILES string of the molecule is CC/C=C\C/C=C\C/C=C\C/C=C\C=C\C(O)CCCC(=O)O[C@H](COC(=O)CCCCCCC/C=C\C/C=C\C/C=C\CC)COP(=O)([O-])OCC[N+](C)(C)C. The number of unbranched alkanes of at least 4 members (excludes halogenated alkanes) is 5. The van der Waals surface area contributed by atoms with Crippen molar-refractivity contribution in [3.63, 3.8) is 0 Å². The lowest BCUT2D eigenvalue weighted by Gasteiger charge is -2.28. The zero-order valence-electron chi connectivity index (χ0n) is 35.8. The van der Waals surface area contributed by atoms with Crippen LogP contribution < -0.4 is 4.89 Å². The van der Waals surface area contributed by atoms with E-state index in [4.69, 9.17) is 18.5 Å². The monoisotopic (exact) mass is 818 g/mol. The van der Waals surface area contributed by atoms with Crippen LogP contribution >= 0.6 is 7.82 Å². The molecule has 0 aromatic heterocycles. The third-order valence-electron chi connectivity index (χ3n) is 8.20. The Morgan fingerprint density at radius 2 is 1.18 bits per heavy atom. The molecule has 0 saturated carbocycles. The van der Waals surface area contributed by atoms with Gasteiger partial charge in [0.2, 0.25) is 0 Å². The molecular formula is C46H76NO9P. The van der Waals surface area contributed by atoms with Crippen molar-refractivity contribution in [3.8, 4) is 0 Å². The molecule has 0 fully saturated rings. The quantitative estimate of drug-likeness (QED) is 0.0164. The number of rotatable bonds is 36. The van der Waals surface area contributed by atoms with Gasteiger partial charge in [-0.15, -0.1) is 0 Å². The number of carbonyl (C=O) groups excluding carboxylic acids is 2. The maximum absolute atomic E-state index is 12.7. The molecule has 0 aromatic rings. The summed E-state index contributed by atoms with van der Waals surface area (Å²) in [5.74, 6) is -1.07. The lowest BCUT2D eigenvalue weighted by molar-refractivity contribution is -0.870. The van der Waals surface area contributed by atoms with Gasteiger partial charge < -0.3 is 33.0 Å². The number of aliphatic hydroxyl groups excluding tert-OH is 1. The minimum Gasteiger partial charge on any atom is -0.756 e. The van der Waals surface area contributed by atoms with E-state index in [1.165, 1.54) is 0 Å². The second kappa shape index (κ2) is 37.2. The summed E-state index contributed by atoms with van der Waals surface area (Å²) < 4.78 is 33.7. The van der Waals surface area contributed by atoms with Crippen molar-refractivity contribution in [1.82, 2.24) is 0 Å². The highest BCUT2D eigenvalue weighted by atomic mass is 31.2. The molecule has 324 valence electrons. The van der Waals surface area contributed by atoms with Crippen LogP contribution in [0.15, 0.2) is 97.2 Å². The van der Waals surface area contributed by atoms with E-state index in [1.807, 2.05) is 33.3 Å². The van der Waals surface area contributed by atoms with Crippen LogP contribution in [0.25, 0.3) is 0 Å². The van der Waals surface area contributed by atoms with Gasteiger partial charge in [-0.2, -0.15) is 0 Å². The van der Waals surface area contributed by atoms with Crippen LogP contribution in [0.2, 0.25) is 0 Å². The van der Waals surface area contributed by atoms with Crippen molar-refractivity contribution in [1.29, 1.82) is 0 Å². The third-order valence-corrected chi connectivity index (χ3v) is 9.17. The number of quaternary nitrogens is 1. The van der Waals surface area contributed by atoms with Gasteiger partial charge in [0, 0.05) is 12.8 Å². The second-order valence-electron chi connectivity index (χ2n) is 14.8. The Morgan fingerprint density at radius 3 is 1.77 bits per heavy atom. The van der Waals surface area contributed by atoms with Gasteiger partial charge in [0.15, 0.2) is 6.10 Å². The third kappa shape index (κ3) is 40.9. The van der Waals surface area contributed by atoms with Crippen molar-refractivity contribution < 1.29 is 47.2 Å². The largest absolute Gasteiger partial charge is 0.756 e. The van der Waals surface area contributed by atoms with Gasteiger partial charge in [0.1, 0.15) is 19.8 Å². The number of allylic oxidation sites excluding steroid dienone is 15. The maximum atomic E-state index is 12.7. The fourth-order valence-electron chi connectivity index (χ4n) is 4.93. The van der Waals surface area contributed by atoms with E-state index in [0.717, 1.165) is 77.0 Å². The molecule has 0 aliphatic heterocycles. The Hall–Kier alpha value is -3.11. The number of carbonyl (C=O) groups is 2. The standard InChI is InChI=1S/C46H76NO9P/c1-6-8-10-12-14-16-18-20-21-23-25-27-29-31-33-37-45(49)53-41-44(42-55-57(51,52)54-40-39-47(3,4)5)56-46(50)38-34-36-43(48)35-32-30-28-26-24-22-19-17-15-13-11-9-7-2/h8-11,14-17,20-22,24,28,30,32,35,43-44,48H,6-7,12-13,18-19,23,25-27,29,31,33-34,36-42H2,1-5H3/b10-8-,11-9-,16-14-,17-15-,21-20-,24-22-,30-28-,35-32+/t43?,44-/m1/s1. The molecule has 0 spiro atoms. The lowest BCUT2D eigenvalue weighted by atomic mass is 10.1. The number of aliphatic hydroxyl groups is 1. The van der Waals surface area contributed by atoms with E-state index in [2.05, 4.69) is 86.8 Å². The molecule has 57 heavy (non-hydrogen) atoms. The van der Waals surface area contributed by atoms with Crippen LogP contribution in [0.1, 0.15) is 123 Å². The smallest absolute Gasteiger partial charge is 0.306 e. The Balaban J connectivity index is 4.64. The summed E-state index contributed by atoms with van der Waals surface area (Å²) in [6.07, 6.45) is 44.7. The summed E-state index contributed by atoms with van der Waals surface area (Å²) in [5, 5.41) is 10.3. The van der Waals surface area contributed by atoms with Crippen LogP contribution in [0, 0.1) is 0 Å².